The average Bonchev–Trinajstić information content (AvgIpc) is 3.61. The molecule has 3 aromatic rings. The van der Waals surface area contributed by atoms with Gasteiger partial charge in [-0.2, -0.15) is 0 Å². The summed E-state index contributed by atoms with van der Waals surface area (Å²) >= 11 is 6.54. The molecule has 0 spiro atoms. The minimum absolute atomic E-state index is 0.0419. The first-order valence-electron chi connectivity index (χ1n) is 16.3. The second-order valence-electron chi connectivity index (χ2n) is 13.1. The van der Waals surface area contributed by atoms with Crippen molar-refractivity contribution in [3.05, 3.63) is 64.6 Å². The van der Waals surface area contributed by atoms with Crippen LogP contribution in [0.4, 0.5) is 10.1 Å². The third kappa shape index (κ3) is 7.18. The number of carbonyl (C=O) groups is 3. The molecule has 12 heteroatoms. The van der Waals surface area contributed by atoms with Crippen LogP contribution in [0.3, 0.4) is 0 Å². The highest BCUT2D eigenvalue weighted by Gasteiger charge is 2.43. The third-order valence-electron chi connectivity index (χ3n) is 10.1. The number of nitrogens with one attached hydrogen (secondary N) is 1. The fourth-order valence-corrected chi connectivity index (χ4v) is 7.66. The van der Waals surface area contributed by atoms with Gasteiger partial charge in [0.1, 0.15) is 5.82 Å². The Hall–Kier alpha value is -3.51. The number of carboxylic acids is 1. The zero-order valence-corrected chi connectivity index (χ0v) is 27.5. The number of rotatable bonds is 11. The van der Waals surface area contributed by atoms with Crippen LogP contribution in [0.25, 0.3) is 10.9 Å². The van der Waals surface area contributed by atoms with Crippen molar-refractivity contribution < 1.29 is 33.4 Å². The zero-order valence-electron chi connectivity index (χ0n) is 26.8. The van der Waals surface area contributed by atoms with E-state index in [1.54, 1.807) is 18.2 Å². The molecule has 10 nitrogen and oxygen atoms in total. The van der Waals surface area contributed by atoms with E-state index >= 15 is 4.39 Å². The molecule has 1 aliphatic carbocycles. The quantitative estimate of drug-likeness (QED) is 0.292. The van der Waals surface area contributed by atoms with E-state index in [0.29, 0.717) is 57.0 Å². The molecule has 0 unspecified atom stereocenters. The van der Waals surface area contributed by atoms with Gasteiger partial charge in [0, 0.05) is 56.4 Å². The SMILES string of the molecule is COC[C@@H]1CCN1[C@H]1C[C@@H](CO[C@H]2CC[C@H](C(=O)O)CC2)N(C(=O)Cc2cc(Cl)c(NC(=O)c3cn(C)c4ccccc34)cc2F)C1. The molecule has 2 N–H and O–H groups in total. The summed E-state index contributed by atoms with van der Waals surface area (Å²) in [7, 11) is 3.54. The number of carboxylic acid groups (broad SMARTS) is 1. The molecule has 6 rings (SSSR count). The van der Waals surface area contributed by atoms with Crippen molar-refractivity contribution in [3.8, 4) is 0 Å². The highest BCUT2D eigenvalue weighted by molar-refractivity contribution is 6.34. The Morgan fingerprint density at radius 3 is 2.53 bits per heavy atom. The van der Waals surface area contributed by atoms with Crippen LogP contribution in [0.5, 0.6) is 0 Å². The molecule has 47 heavy (non-hydrogen) atoms. The highest BCUT2D eigenvalue weighted by atomic mass is 35.5. The van der Waals surface area contributed by atoms with Crippen LogP contribution in [-0.2, 0) is 32.5 Å². The van der Waals surface area contributed by atoms with Gasteiger partial charge >= 0.3 is 5.97 Å². The molecule has 0 radical (unpaired) electrons. The van der Waals surface area contributed by atoms with Gasteiger partial charge in [-0.3, -0.25) is 19.3 Å². The van der Waals surface area contributed by atoms with E-state index in [0.717, 1.165) is 30.3 Å². The predicted molar refractivity (Wildman–Crippen MR) is 176 cm³/mol. The van der Waals surface area contributed by atoms with Crippen LogP contribution in [0, 0.1) is 11.7 Å². The Kier molecular flexibility index (Phi) is 10.2. The van der Waals surface area contributed by atoms with Gasteiger partial charge < -0.3 is 29.4 Å². The Morgan fingerprint density at radius 2 is 1.83 bits per heavy atom. The number of aliphatic carboxylic acids is 1. The molecular weight excluding hydrogens is 627 g/mol. The number of amides is 2. The molecule has 3 fully saturated rings. The van der Waals surface area contributed by atoms with Crippen molar-refractivity contribution >= 4 is 46.0 Å². The van der Waals surface area contributed by atoms with Gasteiger partial charge in [-0.05, 0) is 62.3 Å². The zero-order chi connectivity index (χ0) is 33.2. The van der Waals surface area contributed by atoms with Gasteiger partial charge in [-0.1, -0.05) is 29.8 Å². The van der Waals surface area contributed by atoms with E-state index in [-0.39, 0.29) is 52.7 Å². The molecule has 1 saturated carbocycles. The first kappa shape index (κ1) is 33.4. The van der Waals surface area contributed by atoms with E-state index in [1.165, 1.54) is 12.1 Å². The lowest BCUT2D eigenvalue weighted by Gasteiger charge is -2.44. The summed E-state index contributed by atoms with van der Waals surface area (Å²) in [6.45, 7) is 2.42. The lowest BCUT2D eigenvalue weighted by molar-refractivity contribution is -0.144. The van der Waals surface area contributed by atoms with Gasteiger partial charge in [0.2, 0.25) is 5.91 Å². The summed E-state index contributed by atoms with van der Waals surface area (Å²) in [6.07, 6.45) is 5.79. The average molecular weight is 669 g/mol. The van der Waals surface area contributed by atoms with Crippen LogP contribution >= 0.6 is 11.6 Å². The number of hydrogen-bond acceptors (Lipinski definition) is 6. The number of aromatic nitrogens is 1. The van der Waals surface area contributed by atoms with Crippen LogP contribution in [0.1, 0.15) is 54.4 Å². The maximum atomic E-state index is 15.5. The van der Waals surface area contributed by atoms with Gasteiger partial charge in [-0.15, -0.1) is 0 Å². The summed E-state index contributed by atoms with van der Waals surface area (Å²) in [5.41, 5.74) is 1.62. The summed E-state index contributed by atoms with van der Waals surface area (Å²) in [5, 5.41) is 13.0. The lowest BCUT2D eigenvalue weighted by atomic mass is 9.87. The van der Waals surface area contributed by atoms with Gasteiger partial charge in [0.05, 0.1) is 54.0 Å². The molecule has 2 aliphatic heterocycles. The normalized spacial score (nSPS) is 24.8. The number of nitrogens with zero attached hydrogens (tertiary/aromatic N) is 3. The molecule has 2 saturated heterocycles. The van der Waals surface area contributed by atoms with Gasteiger partial charge in [0.15, 0.2) is 0 Å². The van der Waals surface area contributed by atoms with Crippen molar-refractivity contribution in [2.75, 3.05) is 38.7 Å². The molecule has 3 heterocycles. The van der Waals surface area contributed by atoms with Crippen molar-refractivity contribution in [3.63, 3.8) is 0 Å². The van der Waals surface area contributed by atoms with Gasteiger partial charge in [-0.25, -0.2) is 4.39 Å². The number of likely N-dealkylation sites (tertiary alicyclic amines) is 2. The fourth-order valence-electron chi connectivity index (χ4n) is 7.43. The molecule has 3 atom stereocenters. The van der Waals surface area contributed by atoms with Crippen molar-refractivity contribution in [1.29, 1.82) is 0 Å². The second kappa shape index (κ2) is 14.3. The molecule has 1 aromatic heterocycles. The summed E-state index contributed by atoms with van der Waals surface area (Å²) in [5.74, 6) is -2.34. The Morgan fingerprint density at radius 1 is 1.06 bits per heavy atom. The Balaban J connectivity index is 1.13. The molecule has 3 aliphatic rings. The van der Waals surface area contributed by atoms with E-state index in [9.17, 15) is 19.5 Å². The third-order valence-corrected chi connectivity index (χ3v) is 10.5. The number of methoxy groups -OCH3 is 1. The molecule has 2 amide bonds. The largest absolute Gasteiger partial charge is 0.481 e. The number of benzene rings is 2. The maximum absolute atomic E-state index is 15.5. The Bertz CT molecular complexity index is 1640. The van der Waals surface area contributed by atoms with Crippen molar-refractivity contribution in [1.82, 2.24) is 14.4 Å². The fraction of sp³-hybridized carbons (Fsp3) is 0.514. The van der Waals surface area contributed by atoms with Crippen LogP contribution in [0.15, 0.2) is 42.6 Å². The highest BCUT2D eigenvalue weighted by Crippen LogP contribution is 2.33. The monoisotopic (exact) mass is 668 g/mol. The standard InChI is InChI=1S/C35H42ClFN4O6/c1-39-18-28(27-5-3-4-6-32(27)39)34(43)38-31-16-30(37)22(13-29(31)36)14-33(42)41-17-24(40-12-11-23(40)19-46-2)15-25(41)20-47-26-9-7-21(8-10-26)35(44)45/h3-6,13,16,18,21,23-26H,7-12,14-15,17,19-20H2,1-2H3,(H,38,43)(H,44,45)/t21-,23-,24-,25-,26-/m0/s1. The van der Waals surface area contributed by atoms with Crippen LogP contribution in [0.2, 0.25) is 5.02 Å². The topological polar surface area (TPSA) is 113 Å². The molecule has 2 aromatic carbocycles. The summed E-state index contributed by atoms with van der Waals surface area (Å²) in [6, 6.07) is 10.4. The molecular formula is C35H42ClFN4O6. The maximum Gasteiger partial charge on any atom is 0.306 e. The van der Waals surface area contributed by atoms with Crippen molar-refractivity contribution in [2.24, 2.45) is 13.0 Å². The van der Waals surface area contributed by atoms with Crippen LogP contribution in [-0.4, -0.2) is 94.9 Å². The number of halogens is 2. The minimum Gasteiger partial charge on any atom is -0.481 e. The minimum atomic E-state index is -0.758. The summed E-state index contributed by atoms with van der Waals surface area (Å²) in [4.78, 5) is 42.5. The number of ether oxygens (including phenoxy) is 2. The molecule has 0 bridgehead atoms. The molecule has 252 valence electrons. The van der Waals surface area contributed by atoms with Gasteiger partial charge in [0.25, 0.3) is 5.91 Å². The number of carbonyl (C=O) groups excluding carboxylic acids is 2. The lowest BCUT2D eigenvalue weighted by Crippen LogP contribution is -2.56. The predicted octanol–water partition coefficient (Wildman–Crippen LogP) is 5.12. The first-order chi connectivity index (χ1) is 22.6. The smallest absolute Gasteiger partial charge is 0.306 e. The summed E-state index contributed by atoms with van der Waals surface area (Å²) < 4.78 is 29.0. The number of para-hydroxylation sites is 1. The van der Waals surface area contributed by atoms with E-state index < -0.39 is 17.7 Å². The number of anilines is 1. The van der Waals surface area contributed by atoms with Crippen molar-refractivity contribution in [2.45, 2.75) is 69.2 Å². The van der Waals surface area contributed by atoms with Crippen LogP contribution < -0.4 is 5.32 Å². The Labute approximate surface area is 278 Å². The number of hydrogen-bond donors (Lipinski definition) is 2. The number of aryl methyl sites for hydroxylation is 1. The van der Waals surface area contributed by atoms with E-state index in [1.807, 2.05) is 35.9 Å². The van der Waals surface area contributed by atoms with E-state index in [2.05, 4.69) is 10.2 Å². The van der Waals surface area contributed by atoms with E-state index in [4.69, 9.17) is 21.1 Å². The first-order valence-corrected chi connectivity index (χ1v) is 16.7. The second-order valence-corrected chi connectivity index (χ2v) is 13.5. The number of fused-ring (bicyclic) bond motifs is 1.